The second-order valence-electron chi connectivity index (χ2n) is 3.24. The van der Waals surface area contributed by atoms with Gasteiger partial charge in [0.2, 0.25) is 0 Å². The predicted octanol–water partition coefficient (Wildman–Crippen LogP) is 1.42. The maximum absolute atomic E-state index is 11.0. The molecule has 2 rings (SSSR count). The molecule has 0 amide bonds. The number of aromatic hydroxyl groups is 3. The largest absolute Gasteiger partial charge is 0.508 e. The summed E-state index contributed by atoms with van der Waals surface area (Å²) in [6.45, 7) is 0. The van der Waals surface area contributed by atoms with Crippen molar-refractivity contribution in [3.8, 4) is 28.6 Å². The van der Waals surface area contributed by atoms with Gasteiger partial charge in [0.25, 0.3) is 0 Å². The molecular weight excluding hydrogens is 212 g/mol. The normalized spacial score (nSPS) is 10.2. The van der Waals surface area contributed by atoms with Crippen LogP contribution in [0.3, 0.4) is 0 Å². The van der Waals surface area contributed by atoms with Crippen molar-refractivity contribution in [1.29, 1.82) is 0 Å². The molecule has 1 aromatic heterocycles. The highest BCUT2D eigenvalue weighted by Crippen LogP contribution is 2.29. The van der Waals surface area contributed by atoms with Gasteiger partial charge in [-0.05, 0) is 12.1 Å². The Bertz CT molecular complexity index is 565. The molecule has 0 aliphatic carbocycles. The van der Waals surface area contributed by atoms with Crippen molar-refractivity contribution in [2.45, 2.75) is 0 Å². The molecule has 0 atom stereocenters. The first-order valence-corrected chi connectivity index (χ1v) is 4.42. The molecule has 0 aliphatic heterocycles. The molecule has 0 spiro atoms. The summed E-state index contributed by atoms with van der Waals surface area (Å²) in [7, 11) is 0. The molecule has 2 aromatic rings. The Morgan fingerprint density at radius 1 is 0.812 bits per heavy atom. The highest BCUT2D eigenvalue weighted by molar-refractivity contribution is 5.62. The Hall–Kier alpha value is -2.43. The maximum atomic E-state index is 11.0. The van der Waals surface area contributed by atoms with Crippen molar-refractivity contribution >= 4 is 0 Å². The van der Waals surface area contributed by atoms with E-state index in [4.69, 9.17) is 4.42 Å². The minimum absolute atomic E-state index is 0.0659. The molecule has 82 valence electrons. The van der Waals surface area contributed by atoms with Crippen LogP contribution in [0, 0.1) is 0 Å². The summed E-state index contributed by atoms with van der Waals surface area (Å²) in [5, 5.41) is 27.7. The number of phenols is 2. The zero-order valence-electron chi connectivity index (χ0n) is 8.04. The second kappa shape index (κ2) is 3.62. The van der Waals surface area contributed by atoms with Gasteiger partial charge in [-0.15, -0.1) is 0 Å². The molecule has 16 heavy (non-hydrogen) atoms. The van der Waals surface area contributed by atoms with E-state index in [1.807, 2.05) is 0 Å². The van der Waals surface area contributed by atoms with Crippen molar-refractivity contribution in [3.63, 3.8) is 0 Å². The molecule has 0 aliphatic rings. The van der Waals surface area contributed by atoms with E-state index in [9.17, 15) is 20.1 Å². The van der Waals surface area contributed by atoms with Gasteiger partial charge in [0, 0.05) is 17.7 Å². The fourth-order valence-corrected chi connectivity index (χ4v) is 1.34. The van der Waals surface area contributed by atoms with E-state index in [1.54, 1.807) is 0 Å². The molecule has 0 radical (unpaired) electrons. The highest BCUT2D eigenvalue weighted by Gasteiger charge is 2.06. The zero-order valence-corrected chi connectivity index (χ0v) is 8.04. The van der Waals surface area contributed by atoms with Gasteiger partial charge in [-0.2, -0.15) is 0 Å². The van der Waals surface area contributed by atoms with Crippen LogP contribution in [0.1, 0.15) is 0 Å². The van der Waals surface area contributed by atoms with Gasteiger partial charge >= 0.3 is 5.63 Å². The van der Waals surface area contributed by atoms with E-state index in [2.05, 4.69) is 0 Å². The summed E-state index contributed by atoms with van der Waals surface area (Å²) < 4.78 is 4.82. The third-order valence-electron chi connectivity index (χ3n) is 1.94. The summed E-state index contributed by atoms with van der Waals surface area (Å²) >= 11 is 0. The van der Waals surface area contributed by atoms with Crippen molar-refractivity contribution < 1.29 is 19.7 Å². The molecule has 0 unspecified atom stereocenters. The van der Waals surface area contributed by atoms with Crippen molar-refractivity contribution in [1.82, 2.24) is 0 Å². The van der Waals surface area contributed by atoms with Crippen LogP contribution in [0.4, 0.5) is 0 Å². The van der Waals surface area contributed by atoms with Crippen molar-refractivity contribution in [2.24, 2.45) is 0 Å². The van der Waals surface area contributed by atoms with Crippen LogP contribution in [0.25, 0.3) is 11.3 Å². The Labute approximate surface area is 89.8 Å². The van der Waals surface area contributed by atoms with Gasteiger partial charge < -0.3 is 19.7 Å². The molecule has 1 aromatic carbocycles. The fourth-order valence-electron chi connectivity index (χ4n) is 1.34. The van der Waals surface area contributed by atoms with Crippen LogP contribution in [-0.2, 0) is 0 Å². The molecule has 0 saturated heterocycles. The number of hydrogen-bond donors (Lipinski definition) is 3. The average molecular weight is 220 g/mol. The van der Waals surface area contributed by atoms with E-state index in [0.29, 0.717) is 5.56 Å². The lowest BCUT2D eigenvalue weighted by atomic mass is 10.1. The zero-order chi connectivity index (χ0) is 11.7. The lowest BCUT2D eigenvalue weighted by molar-refractivity contribution is 0.445. The van der Waals surface area contributed by atoms with E-state index >= 15 is 0 Å². The Balaban J connectivity index is 2.62. The van der Waals surface area contributed by atoms with Crippen molar-refractivity contribution in [3.05, 3.63) is 40.8 Å². The van der Waals surface area contributed by atoms with E-state index in [0.717, 1.165) is 12.1 Å². The first-order chi connectivity index (χ1) is 7.54. The second-order valence-corrected chi connectivity index (χ2v) is 3.24. The Kier molecular flexibility index (Phi) is 2.28. The smallest absolute Gasteiger partial charge is 0.339 e. The molecule has 5 nitrogen and oxygen atoms in total. The number of rotatable bonds is 1. The lowest BCUT2D eigenvalue weighted by Gasteiger charge is -2.02. The fraction of sp³-hybridized carbons (Fsp3) is 0. The van der Waals surface area contributed by atoms with E-state index < -0.39 is 5.63 Å². The minimum atomic E-state index is -0.710. The Morgan fingerprint density at radius 3 is 1.94 bits per heavy atom. The molecule has 5 heteroatoms. The molecule has 0 bridgehead atoms. The molecular formula is C11H8O5. The topological polar surface area (TPSA) is 90.9 Å². The summed E-state index contributed by atoms with van der Waals surface area (Å²) in [5.41, 5.74) is -0.414. The summed E-state index contributed by atoms with van der Waals surface area (Å²) in [6.07, 6.45) is 0. The van der Waals surface area contributed by atoms with Crippen LogP contribution in [-0.4, -0.2) is 15.3 Å². The van der Waals surface area contributed by atoms with E-state index in [1.165, 1.54) is 18.2 Å². The van der Waals surface area contributed by atoms with Gasteiger partial charge in [0.15, 0.2) is 0 Å². The van der Waals surface area contributed by atoms with E-state index in [-0.39, 0.29) is 23.0 Å². The summed E-state index contributed by atoms with van der Waals surface area (Å²) in [6, 6.07) is 5.89. The quantitative estimate of drug-likeness (QED) is 0.676. The van der Waals surface area contributed by atoms with Gasteiger partial charge in [-0.25, -0.2) is 4.79 Å². The maximum Gasteiger partial charge on any atom is 0.339 e. The number of hydrogen-bond acceptors (Lipinski definition) is 5. The lowest BCUT2D eigenvalue weighted by Crippen LogP contribution is -1.96. The molecule has 3 N–H and O–H groups in total. The monoisotopic (exact) mass is 220 g/mol. The third-order valence-corrected chi connectivity index (χ3v) is 1.94. The standard InChI is InChI=1S/C11H8O5/c12-7-1-6(2-8(13)3-7)10-4-9(14)5-11(15)16-10/h1-5,12-14H. The predicted molar refractivity (Wildman–Crippen MR) is 55.4 cm³/mol. The van der Waals surface area contributed by atoms with Gasteiger partial charge in [-0.3, -0.25) is 0 Å². The van der Waals surface area contributed by atoms with Crippen LogP contribution in [0.5, 0.6) is 17.2 Å². The first kappa shape index (κ1) is 10.1. The highest BCUT2D eigenvalue weighted by atomic mass is 16.4. The Morgan fingerprint density at radius 2 is 1.38 bits per heavy atom. The SMILES string of the molecule is O=c1cc(O)cc(-c2cc(O)cc(O)c2)o1. The molecule has 0 fully saturated rings. The number of benzene rings is 1. The van der Waals surface area contributed by atoms with Crippen LogP contribution < -0.4 is 5.63 Å². The van der Waals surface area contributed by atoms with Gasteiger partial charge in [0.05, 0.1) is 6.07 Å². The van der Waals surface area contributed by atoms with Crippen LogP contribution in [0.15, 0.2) is 39.5 Å². The van der Waals surface area contributed by atoms with Crippen LogP contribution in [0.2, 0.25) is 0 Å². The van der Waals surface area contributed by atoms with Gasteiger partial charge in [-0.1, -0.05) is 0 Å². The minimum Gasteiger partial charge on any atom is -0.508 e. The number of phenolic OH excluding ortho intramolecular Hbond substituents is 2. The average Bonchev–Trinajstić information content (AvgIpc) is 2.14. The van der Waals surface area contributed by atoms with Gasteiger partial charge in [0.1, 0.15) is 23.0 Å². The summed E-state index contributed by atoms with van der Waals surface area (Å²) in [5.74, 6) is -0.507. The molecule has 0 saturated carbocycles. The third kappa shape index (κ3) is 1.98. The summed E-state index contributed by atoms with van der Waals surface area (Å²) in [4.78, 5) is 11.0. The molecule has 1 heterocycles. The van der Waals surface area contributed by atoms with Crippen LogP contribution >= 0.6 is 0 Å². The first-order valence-electron chi connectivity index (χ1n) is 4.42. The van der Waals surface area contributed by atoms with Crippen molar-refractivity contribution in [2.75, 3.05) is 0 Å².